The number of hydrogen-bond acceptors (Lipinski definition) is 6. The summed E-state index contributed by atoms with van der Waals surface area (Å²) in [6.07, 6.45) is 17.7. The molecule has 0 amide bonds. The molecule has 3 aromatic rings. The van der Waals surface area contributed by atoms with Gasteiger partial charge in [0.1, 0.15) is 0 Å². The minimum Gasteiger partial charge on any atom is -0.289 e. The number of Topliss-reactive ketones (excluding diaryl/α,β-unsaturated/α-hetero) is 1. The first-order valence-electron chi connectivity index (χ1n) is 13.6. The summed E-state index contributed by atoms with van der Waals surface area (Å²) in [6, 6.07) is 3.84. The van der Waals surface area contributed by atoms with E-state index in [1.54, 1.807) is 23.3 Å². The molecule has 3 aromatic heterocycles. The smallest absolute Gasteiger partial charge is 0.211 e. The third kappa shape index (κ3) is 9.61. The first-order chi connectivity index (χ1) is 19.5. The predicted octanol–water partition coefficient (Wildman–Crippen LogP) is 5.59. The second-order valence-electron chi connectivity index (χ2n) is 9.21. The number of pyridine rings is 1. The summed E-state index contributed by atoms with van der Waals surface area (Å²) in [5.74, 6) is -0.0531. The minimum absolute atomic E-state index is 0.0144. The molecule has 0 aromatic carbocycles. The number of nitrogens with zero attached hydrogens (tertiary/aromatic N) is 5. The monoisotopic (exact) mass is 578 g/mol. The molecule has 1 aliphatic rings. The number of carbonyl (C=O) groups is 1. The standard InChI is InChI=1S/C24H28N4O3S.C5H8N2.C2H6/c1-5-18(11-12-32(30,31)25-3)9-10-19-7-6-8-23-22(24(29)17(19)2)13-20(14-26-23)21-15-27-28(4)16-21;1-5-3-4-6-7(5)2;1-2/h5-6,8-10,13-16,25H,7,11-12H2,1-4H3;3-4H,1-2H3;1-2H3/b8-6-,10-9-,18-5+,19-17+;;. The Kier molecular flexibility index (Phi) is 12.8. The molecule has 0 atom stereocenters. The molecule has 0 bridgehead atoms. The normalized spacial score (nSPS) is 16.2. The number of ketones is 1. The molecule has 10 heteroatoms. The van der Waals surface area contributed by atoms with Gasteiger partial charge in [-0.3, -0.25) is 19.1 Å². The number of aromatic nitrogens is 5. The third-order valence-electron chi connectivity index (χ3n) is 6.54. The Morgan fingerprint density at radius 1 is 1.12 bits per heavy atom. The summed E-state index contributed by atoms with van der Waals surface area (Å²) >= 11 is 0. The summed E-state index contributed by atoms with van der Waals surface area (Å²) in [7, 11) is 1.91. The number of sulfonamides is 1. The van der Waals surface area contributed by atoms with Gasteiger partial charge in [0, 0.05) is 60.6 Å². The van der Waals surface area contributed by atoms with E-state index in [9.17, 15) is 13.2 Å². The summed E-state index contributed by atoms with van der Waals surface area (Å²) in [4.78, 5) is 17.8. The Balaban J connectivity index is 0.000000561. The van der Waals surface area contributed by atoms with E-state index in [0.717, 1.165) is 22.3 Å². The van der Waals surface area contributed by atoms with Gasteiger partial charge in [0.2, 0.25) is 10.0 Å². The lowest BCUT2D eigenvalue weighted by atomic mass is 9.92. The molecule has 0 saturated heterocycles. The third-order valence-corrected chi connectivity index (χ3v) is 7.91. The summed E-state index contributed by atoms with van der Waals surface area (Å²) < 4.78 is 29.3. The largest absolute Gasteiger partial charge is 0.289 e. The van der Waals surface area contributed by atoms with Crippen molar-refractivity contribution in [3.05, 3.63) is 94.9 Å². The van der Waals surface area contributed by atoms with Crippen LogP contribution in [0.3, 0.4) is 0 Å². The molecule has 0 aliphatic heterocycles. The van der Waals surface area contributed by atoms with E-state index in [-0.39, 0.29) is 11.5 Å². The Labute approximate surface area is 244 Å². The molecule has 1 N–H and O–H groups in total. The number of rotatable bonds is 7. The lowest BCUT2D eigenvalue weighted by molar-refractivity contribution is 0.103. The topological polar surface area (TPSA) is 112 Å². The predicted molar refractivity (Wildman–Crippen MR) is 167 cm³/mol. The lowest BCUT2D eigenvalue weighted by Crippen LogP contribution is -2.22. The summed E-state index contributed by atoms with van der Waals surface area (Å²) in [5.41, 5.74) is 6.57. The number of nitrogens with one attached hydrogen (secondary N) is 1. The van der Waals surface area contributed by atoms with Gasteiger partial charge in [-0.15, -0.1) is 0 Å². The van der Waals surface area contributed by atoms with Gasteiger partial charge in [0.05, 0.1) is 17.6 Å². The van der Waals surface area contributed by atoms with Crippen LogP contribution in [-0.4, -0.2) is 51.5 Å². The van der Waals surface area contributed by atoms with Crippen LogP contribution in [0.5, 0.6) is 0 Å². The van der Waals surface area contributed by atoms with Crippen molar-refractivity contribution in [1.82, 2.24) is 29.3 Å². The van der Waals surface area contributed by atoms with Crippen LogP contribution < -0.4 is 4.72 Å². The Hall–Kier alpha value is -3.89. The van der Waals surface area contributed by atoms with E-state index in [1.165, 1.54) is 12.7 Å². The maximum Gasteiger partial charge on any atom is 0.211 e. The highest BCUT2D eigenvalue weighted by molar-refractivity contribution is 7.89. The van der Waals surface area contributed by atoms with Gasteiger partial charge in [-0.1, -0.05) is 43.7 Å². The molecule has 0 radical (unpaired) electrons. The zero-order valence-electron chi connectivity index (χ0n) is 25.3. The van der Waals surface area contributed by atoms with Crippen molar-refractivity contribution in [3.63, 3.8) is 0 Å². The highest BCUT2D eigenvalue weighted by atomic mass is 32.2. The molecule has 3 heterocycles. The average molecular weight is 579 g/mol. The van der Waals surface area contributed by atoms with Crippen molar-refractivity contribution in [2.45, 2.75) is 47.5 Å². The van der Waals surface area contributed by atoms with Gasteiger partial charge in [-0.05, 0) is 64.4 Å². The molecule has 0 unspecified atom stereocenters. The molecule has 0 fully saturated rings. The SMILES string of the molecule is CC.C\C=C(/C=C\C1=C(/C)C(=O)c2cc(-c3cnn(C)c3)cnc2/C=C\C1)CCS(=O)(=O)NC.Cc1ccnn1C. The van der Waals surface area contributed by atoms with Crippen LogP contribution in [0.2, 0.25) is 0 Å². The highest BCUT2D eigenvalue weighted by Crippen LogP contribution is 2.27. The van der Waals surface area contributed by atoms with Crippen molar-refractivity contribution in [2.75, 3.05) is 12.8 Å². The second kappa shape index (κ2) is 15.8. The van der Waals surface area contributed by atoms with Crippen LogP contribution in [0.1, 0.15) is 62.3 Å². The van der Waals surface area contributed by atoms with Crippen molar-refractivity contribution in [1.29, 1.82) is 0 Å². The van der Waals surface area contributed by atoms with Crippen LogP contribution in [0.4, 0.5) is 0 Å². The number of carbonyl (C=O) groups excluding carboxylic acids is 1. The Bertz CT molecular complexity index is 1540. The Morgan fingerprint density at radius 2 is 1.85 bits per heavy atom. The van der Waals surface area contributed by atoms with Gasteiger partial charge in [0.15, 0.2) is 5.78 Å². The fourth-order valence-corrected chi connectivity index (χ4v) is 4.54. The maximum absolute atomic E-state index is 13.3. The van der Waals surface area contributed by atoms with Crippen molar-refractivity contribution in [3.8, 4) is 11.1 Å². The molecular formula is C31H42N6O3S. The summed E-state index contributed by atoms with van der Waals surface area (Å²) in [6.45, 7) is 9.72. The fourth-order valence-electron chi connectivity index (χ4n) is 3.84. The van der Waals surface area contributed by atoms with Crippen molar-refractivity contribution in [2.24, 2.45) is 14.1 Å². The van der Waals surface area contributed by atoms with Crippen LogP contribution in [0, 0.1) is 6.92 Å². The molecule has 0 spiro atoms. The van der Waals surface area contributed by atoms with Crippen LogP contribution >= 0.6 is 0 Å². The molecule has 4 rings (SSSR count). The van der Waals surface area contributed by atoms with E-state index in [2.05, 4.69) is 19.9 Å². The minimum atomic E-state index is -3.27. The van der Waals surface area contributed by atoms with E-state index in [1.807, 2.05) is 102 Å². The molecule has 1 aliphatic carbocycles. The quantitative estimate of drug-likeness (QED) is 0.366. The number of fused-ring (bicyclic) bond motifs is 1. The molecule has 41 heavy (non-hydrogen) atoms. The lowest BCUT2D eigenvalue weighted by Gasteiger charge is -2.13. The molecule has 0 saturated carbocycles. The zero-order valence-corrected chi connectivity index (χ0v) is 26.2. The maximum atomic E-state index is 13.3. The number of aryl methyl sites for hydroxylation is 3. The first kappa shape index (κ1) is 33.3. The van der Waals surface area contributed by atoms with Crippen molar-refractivity contribution < 1.29 is 13.2 Å². The van der Waals surface area contributed by atoms with Crippen molar-refractivity contribution >= 4 is 21.9 Å². The number of hydrogen-bond donors (Lipinski definition) is 1. The zero-order chi connectivity index (χ0) is 30.6. The van der Waals surface area contributed by atoms with E-state index in [0.29, 0.717) is 29.7 Å². The molecule has 9 nitrogen and oxygen atoms in total. The summed E-state index contributed by atoms with van der Waals surface area (Å²) in [5, 5.41) is 8.13. The second-order valence-corrected chi connectivity index (χ2v) is 11.3. The van der Waals surface area contributed by atoms with Crippen LogP contribution in [0.25, 0.3) is 17.2 Å². The van der Waals surface area contributed by atoms with Crippen LogP contribution in [0.15, 0.2) is 77.9 Å². The van der Waals surface area contributed by atoms with Gasteiger partial charge >= 0.3 is 0 Å². The van der Waals surface area contributed by atoms with Gasteiger partial charge in [0.25, 0.3) is 0 Å². The molecular weight excluding hydrogens is 536 g/mol. The first-order valence-corrected chi connectivity index (χ1v) is 15.3. The fraction of sp³-hybridized carbons (Fsp3) is 0.355. The highest BCUT2D eigenvalue weighted by Gasteiger charge is 2.19. The van der Waals surface area contributed by atoms with Gasteiger partial charge in [-0.2, -0.15) is 10.2 Å². The Morgan fingerprint density at radius 3 is 2.39 bits per heavy atom. The molecule has 220 valence electrons. The van der Waals surface area contributed by atoms with Crippen LogP contribution in [-0.2, 0) is 24.1 Å². The van der Waals surface area contributed by atoms with Gasteiger partial charge < -0.3 is 0 Å². The van der Waals surface area contributed by atoms with E-state index < -0.39 is 10.0 Å². The number of allylic oxidation sites excluding steroid dienone is 7. The average Bonchev–Trinajstić information content (AvgIpc) is 3.58. The van der Waals surface area contributed by atoms with E-state index in [4.69, 9.17) is 0 Å². The van der Waals surface area contributed by atoms with E-state index >= 15 is 0 Å². The van der Waals surface area contributed by atoms with Gasteiger partial charge in [-0.25, -0.2) is 13.1 Å².